The number of amides is 1. The van der Waals surface area contributed by atoms with Gasteiger partial charge in [-0.05, 0) is 48.2 Å². The van der Waals surface area contributed by atoms with Crippen LogP contribution in [0.25, 0.3) is 0 Å². The average Bonchev–Trinajstić information content (AvgIpc) is 3.14. The Morgan fingerprint density at radius 1 is 1.12 bits per heavy atom. The van der Waals surface area contributed by atoms with E-state index in [4.69, 9.17) is 4.74 Å². The molecular weight excluding hydrogens is 337 g/mol. The monoisotopic (exact) mass is 355 g/mol. The van der Waals surface area contributed by atoms with E-state index in [0.29, 0.717) is 5.75 Å². The Kier molecular flexibility index (Phi) is 5.46. The summed E-state index contributed by atoms with van der Waals surface area (Å²) in [6.45, 7) is 1.91. The van der Waals surface area contributed by atoms with Crippen molar-refractivity contribution in [2.24, 2.45) is 0 Å². The first-order chi connectivity index (χ1) is 12.1. The van der Waals surface area contributed by atoms with Crippen molar-refractivity contribution in [3.05, 3.63) is 87.9 Å². The zero-order valence-electron chi connectivity index (χ0n) is 13.7. The molecule has 3 rings (SSSR count). The highest BCUT2D eigenvalue weighted by Crippen LogP contribution is 2.26. The van der Waals surface area contributed by atoms with E-state index in [1.54, 1.807) is 12.1 Å². The van der Waals surface area contributed by atoms with E-state index in [-0.39, 0.29) is 24.4 Å². The number of halogens is 1. The number of ether oxygens (including phenoxy) is 1. The first kappa shape index (κ1) is 17.2. The molecule has 1 amide bonds. The van der Waals surface area contributed by atoms with Gasteiger partial charge in [-0.3, -0.25) is 4.79 Å². The normalized spacial score (nSPS) is 11.8. The highest BCUT2D eigenvalue weighted by atomic mass is 32.1. The lowest BCUT2D eigenvalue weighted by atomic mass is 10.1. The molecule has 3 aromatic rings. The molecule has 2 aromatic carbocycles. The molecule has 0 saturated heterocycles. The predicted molar refractivity (Wildman–Crippen MR) is 97.4 cm³/mol. The molecule has 128 valence electrons. The highest BCUT2D eigenvalue weighted by molar-refractivity contribution is 7.10. The zero-order valence-corrected chi connectivity index (χ0v) is 14.6. The highest BCUT2D eigenvalue weighted by Gasteiger charge is 2.18. The fourth-order valence-electron chi connectivity index (χ4n) is 2.42. The van der Waals surface area contributed by atoms with Gasteiger partial charge in [-0.2, -0.15) is 0 Å². The maximum absolute atomic E-state index is 13.2. The SMILES string of the molecule is Cc1ccc(OCC(=O)N[C@H](c2ccc(F)cc2)c2cccs2)cc1. The molecule has 0 aliphatic rings. The van der Waals surface area contributed by atoms with Crippen LogP contribution in [0.1, 0.15) is 22.0 Å². The first-order valence-corrected chi connectivity index (χ1v) is 8.77. The lowest BCUT2D eigenvalue weighted by Crippen LogP contribution is -2.32. The topological polar surface area (TPSA) is 38.3 Å². The van der Waals surface area contributed by atoms with Gasteiger partial charge in [0.1, 0.15) is 11.6 Å². The number of hydrogen-bond donors (Lipinski definition) is 1. The van der Waals surface area contributed by atoms with Crippen LogP contribution in [-0.4, -0.2) is 12.5 Å². The van der Waals surface area contributed by atoms with Gasteiger partial charge < -0.3 is 10.1 Å². The molecule has 0 unspecified atom stereocenters. The van der Waals surface area contributed by atoms with E-state index < -0.39 is 0 Å². The Bertz CT molecular complexity index is 814. The summed E-state index contributed by atoms with van der Waals surface area (Å²) in [6, 6.07) is 17.2. The second-order valence-electron chi connectivity index (χ2n) is 5.67. The quantitative estimate of drug-likeness (QED) is 0.708. The number of carbonyl (C=O) groups is 1. The molecule has 0 spiro atoms. The Hall–Kier alpha value is -2.66. The van der Waals surface area contributed by atoms with Gasteiger partial charge in [0.2, 0.25) is 0 Å². The van der Waals surface area contributed by atoms with Crippen LogP contribution in [-0.2, 0) is 4.79 Å². The fourth-order valence-corrected chi connectivity index (χ4v) is 3.22. The van der Waals surface area contributed by atoms with Crippen LogP contribution in [0.3, 0.4) is 0 Å². The summed E-state index contributed by atoms with van der Waals surface area (Å²) < 4.78 is 18.7. The van der Waals surface area contributed by atoms with Crippen LogP contribution in [0, 0.1) is 12.7 Å². The molecule has 1 N–H and O–H groups in total. The van der Waals surface area contributed by atoms with Crippen molar-refractivity contribution in [3.8, 4) is 5.75 Å². The van der Waals surface area contributed by atoms with Crippen molar-refractivity contribution in [1.82, 2.24) is 5.32 Å². The van der Waals surface area contributed by atoms with E-state index in [9.17, 15) is 9.18 Å². The summed E-state index contributed by atoms with van der Waals surface area (Å²) >= 11 is 1.54. The van der Waals surface area contributed by atoms with Gasteiger partial charge in [0.15, 0.2) is 6.61 Å². The van der Waals surface area contributed by atoms with Crippen LogP contribution in [0.5, 0.6) is 5.75 Å². The second-order valence-corrected chi connectivity index (χ2v) is 6.65. The molecule has 1 aromatic heterocycles. The Morgan fingerprint density at radius 3 is 2.48 bits per heavy atom. The molecule has 0 aliphatic carbocycles. The molecule has 0 fully saturated rings. The molecule has 0 radical (unpaired) electrons. The third kappa shape index (κ3) is 4.67. The summed E-state index contributed by atoms with van der Waals surface area (Å²) in [5.74, 6) is 0.112. The number of carbonyl (C=O) groups excluding carboxylic acids is 1. The number of aryl methyl sites for hydroxylation is 1. The maximum atomic E-state index is 13.2. The molecular formula is C20H18FNO2S. The third-order valence-corrected chi connectivity index (χ3v) is 4.66. The minimum Gasteiger partial charge on any atom is -0.484 e. The van der Waals surface area contributed by atoms with Gasteiger partial charge in [0, 0.05) is 4.88 Å². The molecule has 1 atom stereocenters. The van der Waals surface area contributed by atoms with Crippen LogP contribution >= 0.6 is 11.3 Å². The minimum absolute atomic E-state index is 0.0773. The molecule has 0 saturated carbocycles. The fraction of sp³-hybridized carbons (Fsp3) is 0.150. The third-order valence-electron chi connectivity index (χ3n) is 3.73. The lowest BCUT2D eigenvalue weighted by molar-refractivity contribution is -0.123. The molecule has 0 bridgehead atoms. The van der Waals surface area contributed by atoms with Gasteiger partial charge >= 0.3 is 0 Å². The van der Waals surface area contributed by atoms with E-state index >= 15 is 0 Å². The zero-order chi connectivity index (χ0) is 17.6. The summed E-state index contributed by atoms with van der Waals surface area (Å²) in [7, 11) is 0. The van der Waals surface area contributed by atoms with E-state index in [1.807, 2.05) is 48.7 Å². The minimum atomic E-state index is -0.324. The smallest absolute Gasteiger partial charge is 0.258 e. The summed E-state index contributed by atoms with van der Waals surface area (Å²) in [5.41, 5.74) is 1.96. The van der Waals surface area contributed by atoms with Crippen LogP contribution in [0.15, 0.2) is 66.0 Å². The van der Waals surface area contributed by atoms with Crippen molar-refractivity contribution < 1.29 is 13.9 Å². The van der Waals surface area contributed by atoms with Gasteiger partial charge in [0.25, 0.3) is 5.91 Å². The van der Waals surface area contributed by atoms with E-state index in [0.717, 1.165) is 16.0 Å². The van der Waals surface area contributed by atoms with Crippen LogP contribution in [0.4, 0.5) is 4.39 Å². The molecule has 1 heterocycles. The largest absolute Gasteiger partial charge is 0.484 e. The van der Waals surface area contributed by atoms with Crippen molar-refractivity contribution >= 4 is 17.2 Å². The van der Waals surface area contributed by atoms with Crippen molar-refractivity contribution in [2.75, 3.05) is 6.61 Å². The van der Waals surface area contributed by atoms with Gasteiger partial charge in [-0.15, -0.1) is 11.3 Å². The second kappa shape index (κ2) is 7.94. The number of hydrogen-bond acceptors (Lipinski definition) is 3. The first-order valence-electron chi connectivity index (χ1n) is 7.89. The van der Waals surface area contributed by atoms with E-state index in [2.05, 4.69) is 5.32 Å². The van der Waals surface area contributed by atoms with Crippen molar-refractivity contribution in [2.45, 2.75) is 13.0 Å². The van der Waals surface area contributed by atoms with Crippen LogP contribution in [0.2, 0.25) is 0 Å². The average molecular weight is 355 g/mol. The summed E-state index contributed by atoms with van der Waals surface area (Å²) in [5, 5.41) is 4.91. The van der Waals surface area contributed by atoms with Crippen LogP contribution < -0.4 is 10.1 Å². The standard InChI is InChI=1S/C20H18FNO2S/c1-14-4-10-17(11-5-14)24-13-19(23)22-20(18-3-2-12-25-18)15-6-8-16(21)9-7-15/h2-12,20H,13H2,1H3,(H,22,23)/t20-/m1/s1. The Labute approximate surface area is 150 Å². The summed E-state index contributed by atoms with van der Waals surface area (Å²) in [6.07, 6.45) is 0. The molecule has 3 nitrogen and oxygen atoms in total. The number of thiophene rings is 1. The maximum Gasteiger partial charge on any atom is 0.258 e. The lowest BCUT2D eigenvalue weighted by Gasteiger charge is -2.18. The number of nitrogens with one attached hydrogen (secondary N) is 1. The number of benzene rings is 2. The van der Waals surface area contributed by atoms with Crippen molar-refractivity contribution in [3.63, 3.8) is 0 Å². The summed E-state index contributed by atoms with van der Waals surface area (Å²) in [4.78, 5) is 13.3. The van der Waals surface area contributed by atoms with Gasteiger partial charge in [0.05, 0.1) is 6.04 Å². The van der Waals surface area contributed by atoms with Crippen molar-refractivity contribution in [1.29, 1.82) is 0 Å². The van der Waals surface area contributed by atoms with E-state index in [1.165, 1.54) is 23.5 Å². The van der Waals surface area contributed by atoms with Gasteiger partial charge in [-0.1, -0.05) is 35.9 Å². The molecule has 5 heteroatoms. The predicted octanol–water partition coefficient (Wildman–Crippen LogP) is 4.48. The number of rotatable bonds is 6. The Balaban J connectivity index is 1.68. The molecule has 0 aliphatic heterocycles. The van der Waals surface area contributed by atoms with Gasteiger partial charge in [-0.25, -0.2) is 4.39 Å². The molecule has 25 heavy (non-hydrogen) atoms. The Morgan fingerprint density at radius 2 is 1.84 bits per heavy atom.